The van der Waals surface area contributed by atoms with Gasteiger partial charge in [-0.1, -0.05) is 0 Å². The molecule has 1 saturated carbocycles. The SMILES string of the molecule is CC(=O)N[C@@H](C)COc1cc2oc(-c3ncc(OCC4CC4)cc3C)nc2cn1. The van der Waals surface area contributed by atoms with E-state index < -0.39 is 0 Å². The van der Waals surface area contributed by atoms with E-state index in [1.807, 2.05) is 19.9 Å². The number of rotatable bonds is 8. The van der Waals surface area contributed by atoms with Gasteiger partial charge in [0.15, 0.2) is 5.58 Å². The van der Waals surface area contributed by atoms with Crippen molar-refractivity contribution in [2.45, 2.75) is 39.7 Å². The summed E-state index contributed by atoms with van der Waals surface area (Å²) in [5.74, 6) is 2.19. The number of aryl methyl sites for hydroxylation is 1. The van der Waals surface area contributed by atoms with Crippen molar-refractivity contribution >= 4 is 17.0 Å². The monoisotopic (exact) mass is 396 g/mol. The van der Waals surface area contributed by atoms with Crippen LogP contribution < -0.4 is 14.8 Å². The van der Waals surface area contributed by atoms with E-state index in [-0.39, 0.29) is 11.9 Å². The molecule has 1 N–H and O–H groups in total. The highest BCUT2D eigenvalue weighted by molar-refractivity contribution is 5.76. The summed E-state index contributed by atoms with van der Waals surface area (Å²) in [4.78, 5) is 24.3. The maximum Gasteiger partial charge on any atom is 0.246 e. The topological polar surface area (TPSA) is 99.4 Å². The fourth-order valence-corrected chi connectivity index (χ4v) is 2.94. The van der Waals surface area contributed by atoms with Gasteiger partial charge in [0.2, 0.25) is 17.7 Å². The Hall–Kier alpha value is -3.16. The van der Waals surface area contributed by atoms with Crippen LogP contribution in [0.5, 0.6) is 11.6 Å². The second-order valence-corrected chi connectivity index (χ2v) is 7.51. The molecule has 0 aromatic carbocycles. The molecular formula is C21H24N4O4. The van der Waals surface area contributed by atoms with Gasteiger partial charge < -0.3 is 19.2 Å². The predicted octanol–water partition coefficient (Wildman–Crippen LogP) is 3.29. The number of hydrogen-bond acceptors (Lipinski definition) is 7. The molecule has 8 nitrogen and oxygen atoms in total. The normalized spacial score (nSPS) is 14.6. The van der Waals surface area contributed by atoms with Crippen LogP contribution in [0.15, 0.2) is 28.9 Å². The predicted molar refractivity (Wildman–Crippen MR) is 107 cm³/mol. The van der Waals surface area contributed by atoms with Crippen molar-refractivity contribution in [1.29, 1.82) is 0 Å². The van der Waals surface area contributed by atoms with Crippen LogP contribution in [0.3, 0.4) is 0 Å². The van der Waals surface area contributed by atoms with Crippen molar-refractivity contribution in [3.8, 4) is 23.2 Å². The van der Waals surface area contributed by atoms with Crippen LogP contribution in [0.2, 0.25) is 0 Å². The van der Waals surface area contributed by atoms with E-state index in [2.05, 4.69) is 20.3 Å². The summed E-state index contributed by atoms with van der Waals surface area (Å²) in [6.07, 6.45) is 5.80. The van der Waals surface area contributed by atoms with Crippen LogP contribution >= 0.6 is 0 Å². The van der Waals surface area contributed by atoms with Crippen LogP contribution in [-0.4, -0.2) is 40.1 Å². The number of fused-ring (bicyclic) bond motifs is 1. The third kappa shape index (κ3) is 4.82. The highest BCUT2D eigenvalue weighted by Crippen LogP contribution is 2.31. The Labute approximate surface area is 168 Å². The number of nitrogens with zero attached hydrogens (tertiary/aromatic N) is 3. The van der Waals surface area contributed by atoms with Crippen molar-refractivity contribution in [1.82, 2.24) is 20.3 Å². The minimum Gasteiger partial charge on any atom is -0.492 e. The number of hydrogen-bond donors (Lipinski definition) is 1. The Bertz CT molecular complexity index is 1030. The molecule has 0 aliphatic heterocycles. The standard InChI is InChI=1S/C21H24N4O4/c1-12-6-16(27-11-15-4-5-15)8-23-20(12)21-25-17-9-22-19(7-18(17)29-21)28-10-13(2)24-14(3)26/h6-9,13,15H,4-5,10-11H2,1-3H3,(H,24,26)/t13-/m0/s1. The third-order valence-corrected chi connectivity index (χ3v) is 4.62. The van der Waals surface area contributed by atoms with Gasteiger partial charge in [0.25, 0.3) is 0 Å². The molecule has 0 unspecified atom stereocenters. The van der Waals surface area contributed by atoms with Crippen molar-refractivity contribution < 1.29 is 18.7 Å². The minimum atomic E-state index is -0.122. The van der Waals surface area contributed by atoms with E-state index in [1.54, 1.807) is 18.5 Å². The summed E-state index contributed by atoms with van der Waals surface area (Å²) in [5.41, 5.74) is 2.78. The van der Waals surface area contributed by atoms with Crippen molar-refractivity contribution in [2.24, 2.45) is 5.92 Å². The van der Waals surface area contributed by atoms with Crippen molar-refractivity contribution in [3.05, 3.63) is 30.1 Å². The number of nitrogens with one attached hydrogen (secondary N) is 1. The van der Waals surface area contributed by atoms with E-state index in [0.717, 1.165) is 17.9 Å². The lowest BCUT2D eigenvalue weighted by Gasteiger charge is -2.12. The van der Waals surface area contributed by atoms with Gasteiger partial charge in [0.1, 0.15) is 23.6 Å². The summed E-state index contributed by atoms with van der Waals surface area (Å²) < 4.78 is 17.3. The van der Waals surface area contributed by atoms with E-state index in [1.165, 1.54) is 19.8 Å². The van der Waals surface area contributed by atoms with Gasteiger partial charge in [-0.15, -0.1) is 0 Å². The molecule has 0 radical (unpaired) electrons. The molecule has 3 aromatic heterocycles. The van der Waals surface area contributed by atoms with Crippen molar-refractivity contribution in [3.63, 3.8) is 0 Å². The third-order valence-electron chi connectivity index (χ3n) is 4.62. The molecule has 0 spiro atoms. The largest absolute Gasteiger partial charge is 0.492 e. The molecule has 29 heavy (non-hydrogen) atoms. The molecule has 1 aliphatic carbocycles. The second-order valence-electron chi connectivity index (χ2n) is 7.51. The first-order valence-corrected chi connectivity index (χ1v) is 9.74. The number of carbonyl (C=O) groups excluding carboxylic acids is 1. The lowest BCUT2D eigenvalue weighted by Crippen LogP contribution is -2.35. The first-order chi connectivity index (χ1) is 14.0. The van der Waals surface area contributed by atoms with Crippen LogP contribution in [-0.2, 0) is 4.79 Å². The lowest BCUT2D eigenvalue weighted by molar-refractivity contribution is -0.119. The van der Waals surface area contributed by atoms with Crippen LogP contribution in [0, 0.1) is 12.8 Å². The zero-order valence-electron chi connectivity index (χ0n) is 16.8. The number of pyridine rings is 2. The van der Waals surface area contributed by atoms with Gasteiger partial charge >= 0.3 is 0 Å². The van der Waals surface area contributed by atoms with E-state index in [4.69, 9.17) is 13.9 Å². The van der Waals surface area contributed by atoms with Gasteiger partial charge in [-0.05, 0) is 44.2 Å². The van der Waals surface area contributed by atoms with Gasteiger partial charge in [0.05, 0.1) is 25.0 Å². The average Bonchev–Trinajstić information content (AvgIpc) is 3.41. The van der Waals surface area contributed by atoms with E-state index in [9.17, 15) is 4.79 Å². The second kappa shape index (κ2) is 8.06. The van der Waals surface area contributed by atoms with E-state index in [0.29, 0.717) is 41.1 Å². The van der Waals surface area contributed by atoms with Gasteiger partial charge in [-0.25, -0.2) is 15.0 Å². The molecule has 0 saturated heterocycles. The number of carbonyl (C=O) groups is 1. The first-order valence-electron chi connectivity index (χ1n) is 9.74. The summed E-state index contributed by atoms with van der Waals surface area (Å²) in [7, 11) is 0. The lowest BCUT2D eigenvalue weighted by atomic mass is 10.2. The molecule has 1 aliphatic rings. The van der Waals surface area contributed by atoms with Crippen LogP contribution in [0.25, 0.3) is 22.7 Å². The molecule has 0 bridgehead atoms. The quantitative estimate of drug-likeness (QED) is 0.624. The number of oxazole rings is 1. The maximum atomic E-state index is 11.1. The smallest absolute Gasteiger partial charge is 0.246 e. The number of ether oxygens (including phenoxy) is 2. The van der Waals surface area contributed by atoms with Gasteiger partial charge in [-0.3, -0.25) is 4.79 Å². The Morgan fingerprint density at radius 3 is 2.83 bits per heavy atom. The summed E-state index contributed by atoms with van der Waals surface area (Å²) in [6.45, 7) is 6.34. The van der Waals surface area contributed by atoms with Crippen LogP contribution in [0.4, 0.5) is 0 Å². The number of amides is 1. The highest BCUT2D eigenvalue weighted by Gasteiger charge is 2.22. The zero-order chi connectivity index (χ0) is 20.4. The Morgan fingerprint density at radius 2 is 2.10 bits per heavy atom. The first kappa shape index (κ1) is 19.2. The highest BCUT2D eigenvalue weighted by atomic mass is 16.5. The molecule has 3 heterocycles. The molecule has 8 heteroatoms. The van der Waals surface area contributed by atoms with Gasteiger partial charge in [-0.2, -0.15) is 0 Å². The Balaban J connectivity index is 1.47. The molecule has 1 fully saturated rings. The molecule has 4 rings (SSSR count). The Morgan fingerprint density at radius 1 is 1.28 bits per heavy atom. The zero-order valence-corrected chi connectivity index (χ0v) is 16.8. The van der Waals surface area contributed by atoms with Crippen LogP contribution in [0.1, 0.15) is 32.3 Å². The number of aromatic nitrogens is 3. The summed E-state index contributed by atoms with van der Waals surface area (Å²) in [5, 5.41) is 2.76. The fourth-order valence-electron chi connectivity index (χ4n) is 2.94. The molecule has 1 amide bonds. The molecule has 152 valence electrons. The molecular weight excluding hydrogens is 372 g/mol. The average molecular weight is 396 g/mol. The summed E-state index contributed by atoms with van der Waals surface area (Å²) in [6, 6.07) is 3.52. The fraction of sp³-hybridized carbons (Fsp3) is 0.429. The molecule has 3 aromatic rings. The summed E-state index contributed by atoms with van der Waals surface area (Å²) >= 11 is 0. The Kier molecular flexibility index (Phi) is 5.33. The minimum absolute atomic E-state index is 0.101. The molecule has 1 atom stereocenters. The van der Waals surface area contributed by atoms with Crippen molar-refractivity contribution in [2.75, 3.05) is 13.2 Å². The van der Waals surface area contributed by atoms with E-state index >= 15 is 0 Å². The maximum absolute atomic E-state index is 11.1. The van der Waals surface area contributed by atoms with Gasteiger partial charge in [0, 0.05) is 13.0 Å².